The Balaban J connectivity index is 1.18. The van der Waals surface area contributed by atoms with Gasteiger partial charge in [-0.1, -0.05) is 23.5 Å². The van der Waals surface area contributed by atoms with Crippen LogP contribution in [0.25, 0.3) is 10.2 Å². The molecule has 1 saturated carbocycles. The molecule has 1 fully saturated rings. The fourth-order valence-corrected chi connectivity index (χ4v) is 5.96. The fourth-order valence-electron chi connectivity index (χ4n) is 4.21. The van der Waals surface area contributed by atoms with Gasteiger partial charge in [0.25, 0.3) is 0 Å². The number of nitrogens with zero attached hydrogens (tertiary/aromatic N) is 5. The van der Waals surface area contributed by atoms with E-state index < -0.39 is 0 Å². The summed E-state index contributed by atoms with van der Waals surface area (Å²) >= 11 is 3.12. The Morgan fingerprint density at radius 1 is 1.27 bits per heavy atom. The third kappa shape index (κ3) is 3.93. The first-order chi connectivity index (χ1) is 16.2. The second-order valence-electron chi connectivity index (χ2n) is 8.19. The van der Waals surface area contributed by atoms with Crippen LogP contribution in [0.1, 0.15) is 47.4 Å². The first-order valence-corrected chi connectivity index (χ1v) is 12.8. The number of rotatable bonds is 6. The summed E-state index contributed by atoms with van der Waals surface area (Å²) in [6, 6.07) is 10.7. The maximum Gasteiger partial charge on any atom is 0.357 e. The van der Waals surface area contributed by atoms with Crippen molar-refractivity contribution in [2.45, 2.75) is 38.1 Å². The fraction of sp³-hybridized carbons (Fsp3) is 0.348. The van der Waals surface area contributed by atoms with Gasteiger partial charge in [0.05, 0.1) is 22.5 Å². The van der Waals surface area contributed by atoms with Crippen LogP contribution in [0.15, 0.2) is 35.7 Å². The number of ether oxygens (including phenoxy) is 1. The van der Waals surface area contributed by atoms with Crippen LogP contribution in [-0.4, -0.2) is 45.3 Å². The molecule has 4 heterocycles. The minimum atomic E-state index is -0.390. The second kappa shape index (κ2) is 8.35. The predicted octanol–water partition coefficient (Wildman–Crippen LogP) is 4.77. The lowest BCUT2D eigenvalue weighted by molar-refractivity contribution is 0.0520. The number of nitrogens with one attached hydrogen (secondary N) is 1. The molecule has 2 aliphatic rings. The molecule has 33 heavy (non-hydrogen) atoms. The molecular formula is C23H22N6O2S2. The number of benzene rings is 1. The average molecular weight is 479 g/mol. The molecule has 3 aromatic heterocycles. The molecule has 2 unspecified atom stereocenters. The van der Waals surface area contributed by atoms with Gasteiger partial charge < -0.3 is 15.0 Å². The van der Waals surface area contributed by atoms with E-state index in [1.807, 2.05) is 18.2 Å². The maximum atomic E-state index is 12.0. The molecular weight excluding hydrogens is 456 g/mol. The molecule has 1 aromatic carbocycles. The van der Waals surface area contributed by atoms with Gasteiger partial charge in [-0.25, -0.2) is 14.8 Å². The normalized spacial score (nSPS) is 19.4. The van der Waals surface area contributed by atoms with Gasteiger partial charge >= 0.3 is 5.97 Å². The van der Waals surface area contributed by atoms with E-state index in [1.54, 1.807) is 23.6 Å². The van der Waals surface area contributed by atoms with Crippen LogP contribution in [0, 0.1) is 0 Å². The Bertz CT molecular complexity index is 1300. The molecule has 0 saturated heterocycles. The minimum absolute atomic E-state index is 0.336. The minimum Gasteiger partial charge on any atom is -0.461 e. The SMILES string of the molecule is CCOC(=O)c1csc(N2CCCc3cc(C4CC4Nc4nc5ccccc5s4)nnc32)n1. The number of carbonyl (C=O) groups is 1. The highest BCUT2D eigenvalue weighted by molar-refractivity contribution is 7.22. The molecule has 168 valence electrons. The van der Waals surface area contributed by atoms with Crippen molar-refractivity contribution in [3.05, 3.63) is 52.7 Å². The van der Waals surface area contributed by atoms with E-state index in [0.717, 1.165) is 53.1 Å². The van der Waals surface area contributed by atoms with Crippen LogP contribution >= 0.6 is 22.7 Å². The second-order valence-corrected chi connectivity index (χ2v) is 10.1. The van der Waals surface area contributed by atoms with Gasteiger partial charge in [-0.2, -0.15) is 5.10 Å². The molecule has 1 aliphatic heterocycles. The smallest absolute Gasteiger partial charge is 0.357 e. The molecule has 0 radical (unpaired) electrons. The van der Waals surface area contributed by atoms with Crippen molar-refractivity contribution in [2.75, 3.05) is 23.4 Å². The van der Waals surface area contributed by atoms with Gasteiger partial charge in [0, 0.05) is 23.9 Å². The lowest BCUT2D eigenvalue weighted by atomic mass is 10.0. The molecule has 0 bridgehead atoms. The Kier molecular flexibility index (Phi) is 5.18. The number of aromatic nitrogens is 4. The molecule has 0 amide bonds. The van der Waals surface area contributed by atoms with E-state index in [-0.39, 0.29) is 5.97 Å². The van der Waals surface area contributed by atoms with Crippen molar-refractivity contribution in [3.8, 4) is 0 Å². The van der Waals surface area contributed by atoms with Crippen LogP contribution in [0.5, 0.6) is 0 Å². The van der Waals surface area contributed by atoms with Gasteiger partial charge in [0.15, 0.2) is 21.8 Å². The molecule has 0 spiro atoms. The largest absolute Gasteiger partial charge is 0.461 e. The summed E-state index contributed by atoms with van der Waals surface area (Å²) in [6.45, 7) is 2.93. The summed E-state index contributed by atoms with van der Waals surface area (Å²) < 4.78 is 6.26. The van der Waals surface area contributed by atoms with E-state index in [9.17, 15) is 4.79 Å². The number of thiazole rings is 2. The zero-order valence-corrected chi connectivity index (χ0v) is 19.7. The number of para-hydroxylation sites is 1. The monoisotopic (exact) mass is 478 g/mol. The number of aryl methyl sites for hydroxylation is 1. The Morgan fingerprint density at radius 3 is 3.06 bits per heavy atom. The molecule has 1 aliphatic carbocycles. The van der Waals surface area contributed by atoms with Crippen LogP contribution in [0.4, 0.5) is 16.1 Å². The summed E-state index contributed by atoms with van der Waals surface area (Å²) in [5, 5.41) is 16.2. The Labute approximate surface area is 198 Å². The number of anilines is 3. The first kappa shape index (κ1) is 20.5. The summed E-state index contributed by atoms with van der Waals surface area (Å²) in [5.41, 5.74) is 3.59. The lowest BCUT2D eigenvalue weighted by Crippen LogP contribution is -2.26. The van der Waals surface area contributed by atoms with Gasteiger partial charge in [-0.05, 0) is 49.9 Å². The number of esters is 1. The van der Waals surface area contributed by atoms with E-state index in [4.69, 9.17) is 4.74 Å². The van der Waals surface area contributed by atoms with Crippen molar-refractivity contribution in [1.82, 2.24) is 20.2 Å². The van der Waals surface area contributed by atoms with E-state index in [0.29, 0.717) is 24.3 Å². The topological polar surface area (TPSA) is 93.1 Å². The van der Waals surface area contributed by atoms with Crippen LogP contribution in [0.2, 0.25) is 0 Å². The zero-order chi connectivity index (χ0) is 22.4. The van der Waals surface area contributed by atoms with Crippen molar-refractivity contribution < 1.29 is 9.53 Å². The first-order valence-electron chi connectivity index (χ1n) is 11.1. The highest BCUT2D eigenvalue weighted by Gasteiger charge is 2.41. The van der Waals surface area contributed by atoms with Gasteiger partial charge in [-0.3, -0.25) is 0 Å². The lowest BCUT2D eigenvalue weighted by Gasteiger charge is -2.27. The third-order valence-corrected chi connectivity index (χ3v) is 7.76. The van der Waals surface area contributed by atoms with Crippen molar-refractivity contribution >= 4 is 54.9 Å². The van der Waals surface area contributed by atoms with Gasteiger partial charge in [-0.15, -0.1) is 16.4 Å². The van der Waals surface area contributed by atoms with E-state index >= 15 is 0 Å². The standard InChI is InChI=1S/C23H22N6O2S2/c1-2-31-21(30)18-12-32-23(26-18)29-9-5-6-13-10-17(27-28-20(13)29)14-11-16(14)25-22-24-15-7-3-4-8-19(15)33-22/h3-4,7-8,10,12,14,16H,2,5-6,9,11H2,1H3,(H,24,25). The highest BCUT2D eigenvalue weighted by atomic mass is 32.1. The quantitative estimate of drug-likeness (QED) is 0.396. The third-order valence-electron chi connectivity index (χ3n) is 5.93. The zero-order valence-electron chi connectivity index (χ0n) is 18.0. The summed E-state index contributed by atoms with van der Waals surface area (Å²) in [6.07, 6.45) is 3.00. The summed E-state index contributed by atoms with van der Waals surface area (Å²) in [4.78, 5) is 23.2. The highest BCUT2D eigenvalue weighted by Crippen LogP contribution is 2.44. The number of fused-ring (bicyclic) bond motifs is 2. The van der Waals surface area contributed by atoms with E-state index in [1.165, 1.54) is 21.6 Å². The predicted molar refractivity (Wildman–Crippen MR) is 130 cm³/mol. The van der Waals surface area contributed by atoms with Crippen molar-refractivity contribution in [1.29, 1.82) is 0 Å². The average Bonchev–Trinajstić information content (AvgIpc) is 3.23. The van der Waals surface area contributed by atoms with Gasteiger partial charge in [0.1, 0.15) is 0 Å². The van der Waals surface area contributed by atoms with Crippen molar-refractivity contribution in [3.63, 3.8) is 0 Å². The number of hydrogen-bond donors (Lipinski definition) is 1. The van der Waals surface area contributed by atoms with Crippen LogP contribution < -0.4 is 10.2 Å². The molecule has 10 heteroatoms. The Morgan fingerprint density at radius 2 is 2.18 bits per heavy atom. The summed E-state index contributed by atoms with van der Waals surface area (Å²) in [5.74, 6) is 0.797. The Hall–Kier alpha value is -3.11. The molecule has 1 N–H and O–H groups in total. The van der Waals surface area contributed by atoms with Crippen LogP contribution in [0.3, 0.4) is 0 Å². The molecule has 2 atom stereocenters. The summed E-state index contributed by atoms with van der Waals surface area (Å²) in [7, 11) is 0. The van der Waals surface area contributed by atoms with Crippen molar-refractivity contribution in [2.24, 2.45) is 0 Å². The molecule has 8 nitrogen and oxygen atoms in total. The molecule has 4 aromatic rings. The molecule has 6 rings (SSSR count). The number of hydrogen-bond acceptors (Lipinski definition) is 10. The maximum absolute atomic E-state index is 12.0. The van der Waals surface area contributed by atoms with Crippen LogP contribution in [-0.2, 0) is 11.2 Å². The van der Waals surface area contributed by atoms with Gasteiger partial charge in [0.2, 0.25) is 0 Å². The number of carbonyl (C=O) groups excluding carboxylic acids is 1. The van der Waals surface area contributed by atoms with E-state index in [2.05, 4.69) is 42.5 Å².